The first-order valence-corrected chi connectivity index (χ1v) is 10.9. The molecule has 31 heavy (non-hydrogen) atoms. The van der Waals surface area contributed by atoms with Gasteiger partial charge in [0.25, 0.3) is 5.91 Å². The summed E-state index contributed by atoms with van der Waals surface area (Å²) in [6.45, 7) is 0.236. The monoisotopic (exact) mass is 460 g/mol. The van der Waals surface area contributed by atoms with E-state index in [-0.39, 0.29) is 22.9 Å². The topological polar surface area (TPSA) is 105 Å². The van der Waals surface area contributed by atoms with Crippen molar-refractivity contribution in [3.05, 3.63) is 47.7 Å². The lowest BCUT2D eigenvalue weighted by atomic mass is 10.1. The number of rotatable bonds is 4. The number of carbonyl (C=O) groups excluding carboxylic acids is 1. The molecule has 0 saturated carbocycles. The van der Waals surface area contributed by atoms with Crippen molar-refractivity contribution in [2.45, 2.75) is 36.5 Å². The normalized spacial score (nSPS) is 17.8. The van der Waals surface area contributed by atoms with Crippen molar-refractivity contribution in [1.82, 2.24) is 4.98 Å². The lowest BCUT2D eigenvalue weighted by Gasteiger charge is -2.25. The summed E-state index contributed by atoms with van der Waals surface area (Å²) < 4.78 is 76.7. The number of primary sulfonamides is 1. The number of benzene rings is 1. The first kappa shape index (κ1) is 22.9. The molecule has 1 saturated heterocycles. The fourth-order valence-electron chi connectivity index (χ4n) is 3.26. The number of sulfonamides is 1. The second-order valence-corrected chi connectivity index (χ2v) is 8.72. The molecule has 0 spiro atoms. The molecule has 1 fully saturated rings. The van der Waals surface area contributed by atoms with Crippen LogP contribution < -0.4 is 15.4 Å². The van der Waals surface area contributed by atoms with Crippen LogP contribution in [0.25, 0.3) is 0 Å². The number of aromatic nitrogens is 1. The van der Waals surface area contributed by atoms with Crippen LogP contribution in [-0.2, 0) is 16.2 Å². The summed E-state index contributed by atoms with van der Waals surface area (Å²) in [7, 11) is -4.05. The van der Waals surface area contributed by atoms with Gasteiger partial charge in [-0.2, -0.15) is 13.2 Å². The standard InChI is InChI=1S/C19H20F4N4O3S/c20-13-4-1-2-7-27(11-13)17-16(8-12(10-25-17)19(21,22)23)18(28)26-14-5-3-6-15(9-14)31(24,29)30/h3,5-6,8-10,13H,1-2,4,7,11H2,(H,26,28)(H2,24,29,30)/t13-/m0/s1. The molecule has 1 aliphatic heterocycles. The van der Waals surface area contributed by atoms with Crippen molar-refractivity contribution in [3.63, 3.8) is 0 Å². The lowest BCUT2D eigenvalue weighted by Crippen LogP contribution is -2.32. The number of nitrogens with zero attached hydrogens (tertiary/aromatic N) is 2. The summed E-state index contributed by atoms with van der Waals surface area (Å²) in [4.78, 5) is 17.9. The molecule has 7 nitrogen and oxygen atoms in total. The summed E-state index contributed by atoms with van der Waals surface area (Å²) in [5, 5.41) is 7.44. The van der Waals surface area contributed by atoms with E-state index in [2.05, 4.69) is 10.3 Å². The highest BCUT2D eigenvalue weighted by molar-refractivity contribution is 7.89. The summed E-state index contributed by atoms with van der Waals surface area (Å²) in [6.07, 6.45) is -3.81. The Hall–Kier alpha value is -2.73. The second kappa shape index (κ2) is 8.79. The molecular formula is C19H20F4N4O3S. The van der Waals surface area contributed by atoms with Crippen LogP contribution in [0, 0.1) is 0 Å². The minimum absolute atomic E-state index is 0.0131. The zero-order valence-corrected chi connectivity index (χ0v) is 17.0. The summed E-state index contributed by atoms with van der Waals surface area (Å²) in [6, 6.07) is 5.62. The van der Waals surface area contributed by atoms with Crippen LogP contribution in [0.2, 0.25) is 0 Å². The zero-order valence-electron chi connectivity index (χ0n) is 16.2. The van der Waals surface area contributed by atoms with Gasteiger partial charge in [0.05, 0.1) is 22.6 Å². The third-order valence-electron chi connectivity index (χ3n) is 4.77. The maximum absolute atomic E-state index is 14.1. The van der Waals surface area contributed by atoms with Crippen molar-refractivity contribution in [1.29, 1.82) is 0 Å². The van der Waals surface area contributed by atoms with E-state index in [9.17, 15) is 30.8 Å². The number of nitrogens with one attached hydrogen (secondary N) is 1. The van der Waals surface area contributed by atoms with Gasteiger partial charge in [0, 0.05) is 18.4 Å². The molecule has 12 heteroatoms. The zero-order chi connectivity index (χ0) is 22.8. The highest BCUT2D eigenvalue weighted by Gasteiger charge is 2.34. The Morgan fingerprint density at radius 1 is 1.23 bits per heavy atom. The number of amides is 1. The number of hydrogen-bond donors (Lipinski definition) is 2. The molecule has 2 heterocycles. The van der Waals surface area contributed by atoms with Crippen LogP contribution in [-0.4, -0.2) is 38.6 Å². The molecule has 1 aromatic heterocycles. The predicted molar refractivity (Wildman–Crippen MR) is 106 cm³/mol. The van der Waals surface area contributed by atoms with Gasteiger partial charge in [-0.15, -0.1) is 0 Å². The first-order valence-electron chi connectivity index (χ1n) is 9.35. The number of alkyl halides is 4. The Bertz CT molecular complexity index is 1080. The van der Waals surface area contributed by atoms with Crippen molar-refractivity contribution >= 4 is 27.4 Å². The molecule has 0 unspecified atom stereocenters. The Morgan fingerprint density at radius 3 is 2.65 bits per heavy atom. The molecule has 1 amide bonds. The van der Waals surface area contributed by atoms with E-state index in [4.69, 9.17) is 5.14 Å². The van der Waals surface area contributed by atoms with Crippen LogP contribution in [0.3, 0.4) is 0 Å². The van der Waals surface area contributed by atoms with Gasteiger partial charge >= 0.3 is 6.18 Å². The number of carbonyl (C=O) groups is 1. The van der Waals surface area contributed by atoms with Gasteiger partial charge < -0.3 is 10.2 Å². The fourth-order valence-corrected chi connectivity index (χ4v) is 3.82. The van der Waals surface area contributed by atoms with E-state index in [1.165, 1.54) is 23.1 Å². The quantitative estimate of drug-likeness (QED) is 0.681. The van der Waals surface area contributed by atoms with Crippen LogP contribution >= 0.6 is 0 Å². The van der Waals surface area contributed by atoms with Crippen molar-refractivity contribution in [2.75, 3.05) is 23.3 Å². The number of anilines is 2. The average Bonchev–Trinajstić information content (AvgIpc) is 2.90. The largest absolute Gasteiger partial charge is 0.417 e. The summed E-state index contributed by atoms with van der Waals surface area (Å²) in [5.41, 5.74) is -1.52. The lowest BCUT2D eigenvalue weighted by molar-refractivity contribution is -0.137. The SMILES string of the molecule is NS(=O)(=O)c1cccc(NC(=O)c2cc(C(F)(F)F)cnc2N2CCCC[C@H](F)C2)c1. The van der Waals surface area contributed by atoms with Crippen molar-refractivity contribution < 1.29 is 30.8 Å². The van der Waals surface area contributed by atoms with Crippen molar-refractivity contribution in [2.24, 2.45) is 5.14 Å². The van der Waals surface area contributed by atoms with Gasteiger partial charge in [0.2, 0.25) is 10.0 Å². The molecule has 168 valence electrons. The first-order chi connectivity index (χ1) is 14.4. The highest BCUT2D eigenvalue weighted by Crippen LogP contribution is 2.32. The maximum atomic E-state index is 14.1. The van der Waals surface area contributed by atoms with Gasteiger partial charge in [-0.25, -0.2) is 22.9 Å². The van der Waals surface area contributed by atoms with Crippen molar-refractivity contribution in [3.8, 4) is 0 Å². The van der Waals surface area contributed by atoms with Crippen LogP contribution in [0.4, 0.5) is 29.1 Å². The van der Waals surface area contributed by atoms with Gasteiger partial charge in [-0.05, 0) is 43.5 Å². The van der Waals surface area contributed by atoms with Crippen LogP contribution in [0.15, 0.2) is 41.4 Å². The Morgan fingerprint density at radius 2 is 1.97 bits per heavy atom. The number of halogens is 4. The van der Waals surface area contributed by atoms with E-state index in [0.29, 0.717) is 38.1 Å². The number of pyridine rings is 1. The number of hydrogen-bond acceptors (Lipinski definition) is 5. The summed E-state index contributed by atoms with van der Waals surface area (Å²) in [5.74, 6) is -1.02. The number of nitrogens with two attached hydrogens (primary N) is 1. The average molecular weight is 460 g/mol. The van der Waals surface area contributed by atoms with Crippen LogP contribution in [0.1, 0.15) is 35.2 Å². The molecule has 1 atom stereocenters. The molecule has 1 aliphatic rings. The molecule has 3 rings (SSSR count). The third kappa shape index (κ3) is 5.70. The van der Waals surface area contributed by atoms with E-state index in [1.807, 2.05) is 0 Å². The summed E-state index contributed by atoms with van der Waals surface area (Å²) >= 11 is 0. The molecule has 1 aromatic carbocycles. The Kier molecular flexibility index (Phi) is 6.51. The molecule has 0 bridgehead atoms. The van der Waals surface area contributed by atoms with E-state index >= 15 is 0 Å². The molecule has 0 aliphatic carbocycles. The van der Waals surface area contributed by atoms with Gasteiger partial charge in [0.15, 0.2) is 0 Å². The minimum Gasteiger partial charge on any atom is -0.353 e. The molecule has 3 N–H and O–H groups in total. The second-order valence-electron chi connectivity index (χ2n) is 7.16. The Labute approximate surface area is 176 Å². The van der Waals surface area contributed by atoms with E-state index in [1.54, 1.807) is 0 Å². The van der Waals surface area contributed by atoms with Gasteiger partial charge in [-0.3, -0.25) is 4.79 Å². The fraction of sp³-hybridized carbons (Fsp3) is 0.368. The maximum Gasteiger partial charge on any atom is 0.417 e. The molecular weight excluding hydrogens is 440 g/mol. The van der Waals surface area contributed by atoms with Gasteiger partial charge in [-0.1, -0.05) is 6.07 Å². The van der Waals surface area contributed by atoms with Gasteiger partial charge in [0.1, 0.15) is 12.0 Å². The van der Waals surface area contributed by atoms with E-state index < -0.39 is 39.4 Å². The van der Waals surface area contributed by atoms with Crippen LogP contribution in [0.5, 0.6) is 0 Å². The minimum atomic E-state index is -4.74. The smallest absolute Gasteiger partial charge is 0.353 e. The predicted octanol–water partition coefficient (Wildman–Crippen LogP) is 3.33. The molecule has 0 radical (unpaired) electrons. The van der Waals surface area contributed by atoms with E-state index in [0.717, 1.165) is 6.07 Å². The Balaban J connectivity index is 1.99. The third-order valence-corrected chi connectivity index (χ3v) is 5.68. The molecule has 2 aromatic rings. The highest BCUT2D eigenvalue weighted by atomic mass is 32.2.